The maximum Gasteiger partial charge on any atom is 0.273 e. The summed E-state index contributed by atoms with van der Waals surface area (Å²) in [5.74, 6) is 0.00597. The average molecular weight is 390 g/mol. The highest BCUT2D eigenvalue weighted by molar-refractivity contribution is 6.05. The number of pyridine rings is 1. The molecule has 0 aliphatic carbocycles. The van der Waals surface area contributed by atoms with Crippen LogP contribution in [0.4, 0.5) is 0 Å². The van der Waals surface area contributed by atoms with Crippen LogP contribution < -0.4 is 0 Å². The van der Waals surface area contributed by atoms with Crippen LogP contribution in [-0.4, -0.2) is 48.2 Å². The van der Waals surface area contributed by atoms with Crippen molar-refractivity contribution in [1.29, 1.82) is 0 Å². The zero-order valence-electron chi connectivity index (χ0n) is 16.5. The first kappa shape index (κ1) is 19.6. The molecule has 5 nitrogen and oxygen atoms in total. The molecule has 1 aliphatic heterocycles. The summed E-state index contributed by atoms with van der Waals surface area (Å²) in [6.45, 7) is 3.15. The number of carbonyl (C=O) groups excluding carboxylic acids is 1. The van der Waals surface area contributed by atoms with Gasteiger partial charge in [-0.3, -0.25) is 9.78 Å². The molecule has 150 valence electrons. The molecule has 1 amide bonds. The summed E-state index contributed by atoms with van der Waals surface area (Å²) >= 11 is 0. The van der Waals surface area contributed by atoms with Gasteiger partial charge in [0.1, 0.15) is 5.69 Å². The molecule has 1 saturated heterocycles. The highest BCUT2D eigenvalue weighted by atomic mass is 16.5. The minimum absolute atomic E-state index is 0.00597. The Labute approximate surface area is 171 Å². The number of benzene rings is 2. The average Bonchev–Trinajstić information content (AvgIpc) is 2.79. The first-order valence-corrected chi connectivity index (χ1v) is 10.2. The van der Waals surface area contributed by atoms with Crippen LogP contribution in [0, 0.1) is 0 Å². The van der Waals surface area contributed by atoms with Crippen LogP contribution in [0.3, 0.4) is 0 Å². The van der Waals surface area contributed by atoms with Crippen molar-refractivity contribution in [3.05, 3.63) is 78.1 Å². The molecule has 2 heterocycles. The maximum atomic E-state index is 13.0. The van der Waals surface area contributed by atoms with E-state index < -0.39 is 0 Å². The van der Waals surface area contributed by atoms with E-state index in [0.717, 1.165) is 23.6 Å². The Hall–Kier alpha value is -2.76. The lowest BCUT2D eigenvalue weighted by molar-refractivity contribution is -0.0229. The van der Waals surface area contributed by atoms with E-state index in [9.17, 15) is 4.79 Å². The second kappa shape index (κ2) is 9.63. The van der Waals surface area contributed by atoms with E-state index in [1.165, 1.54) is 5.56 Å². The Bertz CT molecular complexity index is 932. The van der Waals surface area contributed by atoms with Crippen molar-refractivity contribution in [1.82, 2.24) is 9.88 Å². The van der Waals surface area contributed by atoms with Crippen molar-refractivity contribution in [3.63, 3.8) is 0 Å². The molecule has 1 aromatic heterocycles. The Balaban J connectivity index is 1.21. The van der Waals surface area contributed by atoms with Crippen LogP contribution in [0.25, 0.3) is 10.8 Å². The molecule has 1 aliphatic rings. The summed E-state index contributed by atoms with van der Waals surface area (Å²) in [6.07, 6.45) is 3.57. The Kier molecular flexibility index (Phi) is 6.49. The number of rotatable bonds is 7. The fraction of sp³-hybridized carbons (Fsp3) is 0.333. The third kappa shape index (κ3) is 5.00. The highest BCUT2D eigenvalue weighted by Gasteiger charge is 2.25. The fourth-order valence-electron chi connectivity index (χ4n) is 3.70. The summed E-state index contributed by atoms with van der Waals surface area (Å²) in [5.41, 5.74) is 1.71. The smallest absolute Gasteiger partial charge is 0.273 e. The number of nitrogens with zero attached hydrogens (tertiary/aromatic N) is 2. The SMILES string of the molecule is O=C(c1nccc2ccccc12)N1CCC(OCCOCc2ccccc2)CC1. The number of piperidine rings is 1. The maximum absolute atomic E-state index is 13.0. The fourth-order valence-corrected chi connectivity index (χ4v) is 3.70. The Morgan fingerprint density at radius 2 is 1.72 bits per heavy atom. The molecule has 0 N–H and O–H groups in total. The van der Waals surface area contributed by atoms with E-state index >= 15 is 0 Å². The van der Waals surface area contributed by atoms with Gasteiger partial charge in [0.05, 0.1) is 25.9 Å². The topological polar surface area (TPSA) is 51.7 Å². The lowest BCUT2D eigenvalue weighted by atomic mass is 10.1. The number of carbonyl (C=O) groups is 1. The van der Waals surface area contributed by atoms with E-state index in [4.69, 9.17) is 9.47 Å². The Morgan fingerprint density at radius 1 is 0.966 bits per heavy atom. The van der Waals surface area contributed by atoms with Gasteiger partial charge in [0.2, 0.25) is 0 Å². The van der Waals surface area contributed by atoms with Crippen LogP contribution >= 0.6 is 0 Å². The van der Waals surface area contributed by atoms with Gasteiger partial charge in [-0.1, -0.05) is 54.6 Å². The predicted molar refractivity (Wildman–Crippen MR) is 113 cm³/mol. The van der Waals surface area contributed by atoms with E-state index in [0.29, 0.717) is 38.6 Å². The molecule has 0 spiro atoms. The molecule has 0 atom stereocenters. The van der Waals surface area contributed by atoms with Gasteiger partial charge in [0, 0.05) is 24.7 Å². The molecule has 29 heavy (non-hydrogen) atoms. The van der Waals surface area contributed by atoms with Gasteiger partial charge < -0.3 is 14.4 Å². The van der Waals surface area contributed by atoms with Gasteiger partial charge in [-0.2, -0.15) is 0 Å². The quantitative estimate of drug-likeness (QED) is 0.571. The molecule has 2 aromatic carbocycles. The van der Waals surface area contributed by atoms with E-state index in [2.05, 4.69) is 17.1 Å². The van der Waals surface area contributed by atoms with Gasteiger partial charge in [-0.25, -0.2) is 0 Å². The van der Waals surface area contributed by atoms with E-state index in [1.807, 2.05) is 53.4 Å². The zero-order chi connectivity index (χ0) is 19.9. The number of likely N-dealkylation sites (tertiary alicyclic amines) is 1. The second-order valence-electron chi connectivity index (χ2n) is 7.28. The monoisotopic (exact) mass is 390 g/mol. The largest absolute Gasteiger partial charge is 0.376 e. The van der Waals surface area contributed by atoms with Crippen LogP contribution in [-0.2, 0) is 16.1 Å². The number of ether oxygens (including phenoxy) is 2. The van der Waals surface area contributed by atoms with Crippen LogP contribution in [0.2, 0.25) is 0 Å². The molecule has 0 unspecified atom stereocenters. The Morgan fingerprint density at radius 3 is 2.55 bits per heavy atom. The summed E-state index contributed by atoms with van der Waals surface area (Å²) < 4.78 is 11.6. The molecule has 1 fully saturated rings. The van der Waals surface area contributed by atoms with Crippen molar-refractivity contribution in [2.24, 2.45) is 0 Å². The van der Waals surface area contributed by atoms with Crippen molar-refractivity contribution >= 4 is 16.7 Å². The summed E-state index contributed by atoms with van der Waals surface area (Å²) in [4.78, 5) is 19.2. The number of hydrogen-bond donors (Lipinski definition) is 0. The van der Waals surface area contributed by atoms with Gasteiger partial charge in [-0.05, 0) is 29.9 Å². The summed E-state index contributed by atoms with van der Waals surface area (Å²) in [6, 6.07) is 20.0. The van der Waals surface area contributed by atoms with Crippen molar-refractivity contribution in [3.8, 4) is 0 Å². The molecule has 0 bridgehead atoms. The summed E-state index contributed by atoms with van der Waals surface area (Å²) in [5, 5.41) is 1.95. The number of aromatic nitrogens is 1. The van der Waals surface area contributed by atoms with E-state index in [1.54, 1.807) is 6.20 Å². The predicted octanol–water partition coefficient (Wildman–Crippen LogP) is 4.07. The minimum Gasteiger partial charge on any atom is -0.376 e. The first-order chi connectivity index (χ1) is 14.3. The molecule has 4 rings (SSSR count). The van der Waals surface area contributed by atoms with Crippen LogP contribution in [0.5, 0.6) is 0 Å². The minimum atomic E-state index is 0.00597. The highest BCUT2D eigenvalue weighted by Crippen LogP contribution is 2.21. The lowest BCUT2D eigenvalue weighted by Crippen LogP contribution is -2.41. The number of amides is 1. The standard InChI is InChI=1S/C24H26N2O3/c27-24(23-22-9-5-4-8-20(22)10-13-25-23)26-14-11-21(12-15-26)29-17-16-28-18-19-6-2-1-3-7-19/h1-10,13,21H,11-12,14-18H2. The summed E-state index contributed by atoms with van der Waals surface area (Å²) in [7, 11) is 0. The third-order valence-corrected chi connectivity index (χ3v) is 5.30. The van der Waals surface area contributed by atoms with Crippen molar-refractivity contribution < 1.29 is 14.3 Å². The zero-order valence-corrected chi connectivity index (χ0v) is 16.5. The molecule has 3 aromatic rings. The lowest BCUT2D eigenvalue weighted by Gasteiger charge is -2.32. The first-order valence-electron chi connectivity index (χ1n) is 10.2. The molecule has 5 heteroatoms. The molecule has 0 saturated carbocycles. The molecular formula is C24H26N2O3. The van der Waals surface area contributed by atoms with Gasteiger partial charge >= 0.3 is 0 Å². The van der Waals surface area contributed by atoms with E-state index in [-0.39, 0.29) is 12.0 Å². The van der Waals surface area contributed by atoms with Crippen LogP contribution in [0.15, 0.2) is 66.9 Å². The van der Waals surface area contributed by atoms with Crippen LogP contribution in [0.1, 0.15) is 28.9 Å². The second-order valence-corrected chi connectivity index (χ2v) is 7.28. The normalized spacial score (nSPS) is 15.0. The van der Waals surface area contributed by atoms with Crippen molar-refractivity contribution in [2.45, 2.75) is 25.6 Å². The number of hydrogen-bond acceptors (Lipinski definition) is 4. The van der Waals surface area contributed by atoms with Gasteiger partial charge in [0.25, 0.3) is 5.91 Å². The third-order valence-electron chi connectivity index (χ3n) is 5.30. The molecule has 0 radical (unpaired) electrons. The molecular weight excluding hydrogens is 364 g/mol. The van der Waals surface area contributed by atoms with Gasteiger partial charge in [0.15, 0.2) is 0 Å². The van der Waals surface area contributed by atoms with Gasteiger partial charge in [-0.15, -0.1) is 0 Å². The number of fused-ring (bicyclic) bond motifs is 1. The van der Waals surface area contributed by atoms with Crippen molar-refractivity contribution in [2.75, 3.05) is 26.3 Å².